The van der Waals surface area contributed by atoms with Gasteiger partial charge in [-0.25, -0.2) is 0 Å². The molecule has 3 N–H and O–H groups in total. The van der Waals surface area contributed by atoms with Crippen LogP contribution >= 0.6 is 0 Å². The Balaban J connectivity index is 2.31. The van der Waals surface area contributed by atoms with Crippen LogP contribution < -0.4 is 11.1 Å². The van der Waals surface area contributed by atoms with Crippen LogP contribution in [0.1, 0.15) is 52.4 Å². The summed E-state index contributed by atoms with van der Waals surface area (Å²) in [5, 5.41) is 3.38. The normalized spacial score (nSPS) is 28.7. The largest absolute Gasteiger partial charge is 0.368 e. The predicted molar refractivity (Wildman–Crippen MR) is 62.4 cm³/mol. The minimum absolute atomic E-state index is 0.131. The highest BCUT2D eigenvalue weighted by Gasteiger charge is 2.23. The molecule has 0 heterocycles. The lowest BCUT2D eigenvalue weighted by Gasteiger charge is -2.30. The van der Waals surface area contributed by atoms with Crippen LogP contribution in [0, 0.1) is 5.92 Å². The van der Waals surface area contributed by atoms with Crippen molar-refractivity contribution >= 4 is 5.91 Å². The number of hydrogen-bond donors (Lipinski definition) is 2. The lowest BCUT2D eigenvalue weighted by molar-refractivity contribution is -0.120. The molecule has 1 fully saturated rings. The molecule has 15 heavy (non-hydrogen) atoms. The Kier molecular flexibility index (Phi) is 5.09. The van der Waals surface area contributed by atoms with Crippen molar-refractivity contribution in [3.8, 4) is 0 Å². The predicted octanol–water partition coefficient (Wildman–Crippen LogP) is 1.81. The lowest BCUT2D eigenvalue weighted by Crippen LogP contribution is -2.47. The zero-order chi connectivity index (χ0) is 11.3. The summed E-state index contributed by atoms with van der Waals surface area (Å²) < 4.78 is 0. The van der Waals surface area contributed by atoms with Crippen LogP contribution in [0.5, 0.6) is 0 Å². The van der Waals surface area contributed by atoms with Gasteiger partial charge in [0, 0.05) is 6.04 Å². The Morgan fingerprint density at radius 2 is 1.93 bits per heavy atom. The fourth-order valence-corrected chi connectivity index (χ4v) is 2.42. The van der Waals surface area contributed by atoms with E-state index in [1.54, 1.807) is 0 Å². The van der Waals surface area contributed by atoms with E-state index in [0.717, 1.165) is 12.3 Å². The summed E-state index contributed by atoms with van der Waals surface area (Å²) in [7, 11) is 0. The maximum atomic E-state index is 11.1. The molecule has 1 saturated carbocycles. The summed E-state index contributed by atoms with van der Waals surface area (Å²) in [6, 6.07) is 0.374. The van der Waals surface area contributed by atoms with Crippen LogP contribution in [0.25, 0.3) is 0 Å². The third-order valence-electron chi connectivity index (χ3n) is 3.61. The van der Waals surface area contributed by atoms with E-state index < -0.39 is 0 Å². The minimum Gasteiger partial charge on any atom is -0.368 e. The van der Waals surface area contributed by atoms with Gasteiger partial charge in [0.15, 0.2) is 0 Å². The number of rotatable bonds is 5. The monoisotopic (exact) mass is 212 g/mol. The molecule has 0 saturated heterocycles. The van der Waals surface area contributed by atoms with E-state index in [2.05, 4.69) is 12.2 Å². The van der Waals surface area contributed by atoms with E-state index in [1.165, 1.54) is 32.1 Å². The Labute approximate surface area is 92.8 Å². The molecule has 1 unspecified atom stereocenters. The molecular formula is C12H24N2O. The van der Waals surface area contributed by atoms with Crippen molar-refractivity contribution in [2.24, 2.45) is 11.7 Å². The number of amides is 1. The molecule has 0 spiro atoms. The molecule has 3 heteroatoms. The Hall–Kier alpha value is -0.570. The average molecular weight is 212 g/mol. The number of carbonyl (C=O) groups excluding carboxylic acids is 1. The Bertz CT molecular complexity index is 198. The Morgan fingerprint density at radius 3 is 2.33 bits per heavy atom. The molecule has 88 valence electrons. The summed E-state index contributed by atoms with van der Waals surface area (Å²) in [5.74, 6) is 0.687. The van der Waals surface area contributed by atoms with Crippen LogP contribution in [0.15, 0.2) is 0 Å². The third-order valence-corrected chi connectivity index (χ3v) is 3.61. The van der Waals surface area contributed by atoms with Gasteiger partial charge in [0.25, 0.3) is 0 Å². The fraction of sp³-hybridized carbons (Fsp3) is 0.917. The number of nitrogens with one attached hydrogen (secondary N) is 1. The first-order valence-electron chi connectivity index (χ1n) is 6.22. The summed E-state index contributed by atoms with van der Waals surface area (Å²) in [5.41, 5.74) is 5.32. The topological polar surface area (TPSA) is 55.1 Å². The molecule has 0 radical (unpaired) electrons. The fourth-order valence-electron chi connectivity index (χ4n) is 2.42. The first-order valence-corrected chi connectivity index (χ1v) is 6.22. The molecule has 0 aliphatic heterocycles. The third kappa shape index (κ3) is 3.82. The summed E-state index contributed by atoms with van der Waals surface area (Å²) in [4.78, 5) is 11.1. The van der Waals surface area contributed by atoms with Crippen molar-refractivity contribution < 1.29 is 4.79 Å². The second-order valence-electron chi connectivity index (χ2n) is 4.66. The van der Waals surface area contributed by atoms with Crippen LogP contribution in [-0.2, 0) is 4.79 Å². The van der Waals surface area contributed by atoms with Crippen LogP contribution in [0.3, 0.4) is 0 Å². The van der Waals surface area contributed by atoms with Crippen LogP contribution in [0.4, 0.5) is 0 Å². The lowest BCUT2D eigenvalue weighted by atomic mass is 9.84. The van der Waals surface area contributed by atoms with E-state index in [0.29, 0.717) is 6.04 Å². The first-order chi connectivity index (χ1) is 7.17. The van der Waals surface area contributed by atoms with Crippen molar-refractivity contribution in [2.45, 2.75) is 64.5 Å². The van der Waals surface area contributed by atoms with Crippen molar-refractivity contribution in [3.63, 3.8) is 0 Å². The highest BCUT2D eigenvalue weighted by atomic mass is 16.1. The molecule has 1 rings (SSSR count). The first kappa shape index (κ1) is 12.5. The van der Waals surface area contributed by atoms with Gasteiger partial charge in [0.05, 0.1) is 6.04 Å². The maximum Gasteiger partial charge on any atom is 0.234 e. The van der Waals surface area contributed by atoms with Crippen molar-refractivity contribution in [3.05, 3.63) is 0 Å². The summed E-state index contributed by atoms with van der Waals surface area (Å²) in [6.45, 7) is 4.26. The molecule has 0 aromatic heterocycles. The van der Waals surface area contributed by atoms with Crippen molar-refractivity contribution in [1.82, 2.24) is 5.32 Å². The van der Waals surface area contributed by atoms with E-state index in [-0.39, 0.29) is 11.9 Å². The van der Waals surface area contributed by atoms with Gasteiger partial charge in [0.1, 0.15) is 0 Å². The van der Waals surface area contributed by atoms with Crippen LogP contribution in [-0.4, -0.2) is 18.0 Å². The molecule has 3 nitrogen and oxygen atoms in total. The number of carbonyl (C=O) groups is 1. The summed E-state index contributed by atoms with van der Waals surface area (Å²) in [6.07, 6.45) is 7.07. The SMILES string of the molecule is CCC1CCC(NC(CC)C(N)=O)CC1. The van der Waals surface area contributed by atoms with Crippen LogP contribution in [0.2, 0.25) is 0 Å². The van der Waals surface area contributed by atoms with Gasteiger partial charge in [-0.15, -0.1) is 0 Å². The van der Waals surface area contributed by atoms with Gasteiger partial charge in [-0.3, -0.25) is 4.79 Å². The number of primary amides is 1. The van der Waals surface area contributed by atoms with Crippen molar-refractivity contribution in [1.29, 1.82) is 0 Å². The smallest absolute Gasteiger partial charge is 0.234 e. The van der Waals surface area contributed by atoms with E-state index in [1.807, 2.05) is 6.92 Å². The second-order valence-corrected chi connectivity index (χ2v) is 4.66. The Morgan fingerprint density at radius 1 is 1.33 bits per heavy atom. The molecule has 0 aromatic rings. The second kappa shape index (κ2) is 6.11. The van der Waals surface area contributed by atoms with Gasteiger partial charge in [-0.1, -0.05) is 20.3 Å². The minimum atomic E-state index is -0.213. The van der Waals surface area contributed by atoms with Gasteiger partial charge in [-0.2, -0.15) is 0 Å². The molecule has 0 aromatic carbocycles. The average Bonchev–Trinajstić information content (AvgIpc) is 2.26. The van der Waals surface area contributed by atoms with Crippen molar-refractivity contribution in [2.75, 3.05) is 0 Å². The highest BCUT2D eigenvalue weighted by Crippen LogP contribution is 2.26. The zero-order valence-electron chi connectivity index (χ0n) is 9.96. The zero-order valence-corrected chi connectivity index (χ0v) is 9.96. The van der Waals surface area contributed by atoms with Gasteiger partial charge in [-0.05, 0) is 38.0 Å². The molecule has 1 amide bonds. The van der Waals surface area contributed by atoms with Gasteiger partial charge >= 0.3 is 0 Å². The van der Waals surface area contributed by atoms with Gasteiger partial charge in [0.2, 0.25) is 5.91 Å². The molecule has 0 bridgehead atoms. The highest BCUT2D eigenvalue weighted by molar-refractivity contribution is 5.79. The van der Waals surface area contributed by atoms with E-state index >= 15 is 0 Å². The molecular weight excluding hydrogens is 188 g/mol. The number of nitrogens with two attached hydrogens (primary N) is 1. The van der Waals surface area contributed by atoms with E-state index in [9.17, 15) is 4.79 Å². The quantitative estimate of drug-likeness (QED) is 0.730. The molecule has 1 aliphatic carbocycles. The van der Waals surface area contributed by atoms with Gasteiger partial charge < -0.3 is 11.1 Å². The molecule has 1 aliphatic rings. The number of hydrogen-bond acceptors (Lipinski definition) is 2. The summed E-state index contributed by atoms with van der Waals surface area (Å²) >= 11 is 0. The standard InChI is InChI=1S/C12H24N2O/c1-3-9-5-7-10(8-6-9)14-11(4-2)12(13)15/h9-11,14H,3-8H2,1-2H3,(H2,13,15). The van der Waals surface area contributed by atoms with E-state index in [4.69, 9.17) is 5.73 Å². The molecule has 1 atom stereocenters. The maximum absolute atomic E-state index is 11.1.